The first-order valence-electron chi connectivity index (χ1n) is 6.16. The molecule has 0 bridgehead atoms. The number of hydrogen-bond acceptors (Lipinski definition) is 3. The lowest BCUT2D eigenvalue weighted by Crippen LogP contribution is -2.15. The van der Waals surface area contributed by atoms with Gasteiger partial charge in [0.25, 0.3) is 5.91 Å². The van der Waals surface area contributed by atoms with Crippen molar-refractivity contribution in [3.63, 3.8) is 0 Å². The molecule has 0 saturated carbocycles. The molecule has 0 heterocycles. The molecule has 6 heteroatoms. The Morgan fingerprint density at radius 1 is 1.29 bits per heavy atom. The largest absolute Gasteiger partial charge is 0.409 e. The summed E-state index contributed by atoms with van der Waals surface area (Å²) in [5.74, 6) is -0.249. The number of oxime groups is 1. The summed E-state index contributed by atoms with van der Waals surface area (Å²) < 4.78 is 0.729. The van der Waals surface area contributed by atoms with Gasteiger partial charge in [0, 0.05) is 15.7 Å². The van der Waals surface area contributed by atoms with Crippen molar-refractivity contribution in [1.29, 1.82) is 0 Å². The number of nitrogens with zero attached hydrogens (tertiary/aromatic N) is 1. The summed E-state index contributed by atoms with van der Waals surface area (Å²) in [5, 5.41) is 14.4. The SMILES string of the molecule is Cc1ccc(C(=O)Nc2cccc(/C(N)=N/O)c2)c(Br)c1. The van der Waals surface area contributed by atoms with Gasteiger partial charge in [-0.25, -0.2) is 0 Å². The molecule has 0 spiro atoms. The first-order chi connectivity index (χ1) is 10.0. The van der Waals surface area contributed by atoms with Crippen LogP contribution in [0.25, 0.3) is 0 Å². The van der Waals surface area contributed by atoms with Gasteiger partial charge in [0.05, 0.1) is 5.56 Å². The lowest BCUT2D eigenvalue weighted by molar-refractivity contribution is 0.102. The van der Waals surface area contributed by atoms with Gasteiger partial charge in [0.2, 0.25) is 0 Å². The minimum Gasteiger partial charge on any atom is -0.409 e. The maximum atomic E-state index is 12.2. The summed E-state index contributed by atoms with van der Waals surface area (Å²) in [6, 6.07) is 12.3. The first-order valence-corrected chi connectivity index (χ1v) is 6.96. The third kappa shape index (κ3) is 3.61. The topological polar surface area (TPSA) is 87.7 Å². The molecule has 2 aromatic rings. The van der Waals surface area contributed by atoms with Gasteiger partial charge in [-0.15, -0.1) is 0 Å². The number of hydrogen-bond donors (Lipinski definition) is 3. The number of anilines is 1. The van der Waals surface area contributed by atoms with Crippen LogP contribution >= 0.6 is 15.9 Å². The molecular formula is C15H14BrN3O2. The van der Waals surface area contributed by atoms with E-state index < -0.39 is 0 Å². The normalized spacial score (nSPS) is 11.2. The highest BCUT2D eigenvalue weighted by Crippen LogP contribution is 2.20. The zero-order chi connectivity index (χ0) is 15.4. The lowest BCUT2D eigenvalue weighted by Gasteiger charge is -2.08. The van der Waals surface area contributed by atoms with E-state index in [1.807, 2.05) is 19.1 Å². The molecule has 108 valence electrons. The van der Waals surface area contributed by atoms with Crippen LogP contribution in [0.2, 0.25) is 0 Å². The highest BCUT2D eigenvalue weighted by atomic mass is 79.9. The van der Waals surface area contributed by atoms with Crippen LogP contribution < -0.4 is 11.1 Å². The van der Waals surface area contributed by atoms with Crippen molar-refractivity contribution in [2.75, 3.05) is 5.32 Å². The van der Waals surface area contributed by atoms with Crippen molar-refractivity contribution in [3.8, 4) is 0 Å². The maximum Gasteiger partial charge on any atom is 0.256 e. The Morgan fingerprint density at radius 2 is 2.05 bits per heavy atom. The Morgan fingerprint density at radius 3 is 2.71 bits per heavy atom. The minimum absolute atomic E-state index is 0.0115. The smallest absolute Gasteiger partial charge is 0.256 e. The fraction of sp³-hybridized carbons (Fsp3) is 0.0667. The summed E-state index contributed by atoms with van der Waals surface area (Å²) in [6.45, 7) is 1.95. The quantitative estimate of drug-likeness (QED) is 0.345. The van der Waals surface area contributed by atoms with E-state index in [2.05, 4.69) is 26.4 Å². The maximum absolute atomic E-state index is 12.2. The predicted octanol–water partition coefficient (Wildman–Crippen LogP) is 3.10. The molecule has 0 aliphatic rings. The van der Waals surface area contributed by atoms with E-state index in [-0.39, 0.29) is 11.7 Å². The van der Waals surface area contributed by atoms with Gasteiger partial charge in [-0.1, -0.05) is 23.4 Å². The molecule has 1 amide bonds. The molecule has 0 saturated heterocycles. The molecule has 2 rings (SSSR count). The molecule has 21 heavy (non-hydrogen) atoms. The number of amidine groups is 1. The average molecular weight is 348 g/mol. The second-order valence-corrected chi connectivity index (χ2v) is 5.36. The zero-order valence-corrected chi connectivity index (χ0v) is 12.9. The first kappa shape index (κ1) is 15.1. The van der Waals surface area contributed by atoms with Crippen LogP contribution in [0.1, 0.15) is 21.5 Å². The Bertz CT molecular complexity index is 714. The van der Waals surface area contributed by atoms with Crippen molar-refractivity contribution in [2.45, 2.75) is 6.92 Å². The highest BCUT2D eigenvalue weighted by Gasteiger charge is 2.11. The zero-order valence-electron chi connectivity index (χ0n) is 11.3. The summed E-state index contributed by atoms with van der Waals surface area (Å²) in [7, 11) is 0. The molecule has 0 aliphatic carbocycles. The fourth-order valence-corrected chi connectivity index (χ4v) is 2.49. The van der Waals surface area contributed by atoms with E-state index >= 15 is 0 Å². The number of carbonyl (C=O) groups is 1. The molecular weight excluding hydrogens is 334 g/mol. The Labute approximate surface area is 130 Å². The molecule has 0 aromatic heterocycles. The molecule has 4 N–H and O–H groups in total. The van der Waals surface area contributed by atoms with Crippen LogP contribution in [0.3, 0.4) is 0 Å². The second kappa shape index (κ2) is 6.41. The van der Waals surface area contributed by atoms with E-state index in [1.165, 1.54) is 0 Å². The number of aryl methyl sites for hydroxylation is 1. The Kier molecular flexibility index (Phi) is 4.59. The van der Waals surface area contributed by atoms with Crippen molar-refractivity contribution in [1.82, 2.24) is 0 Å². The highest BCUT2D eigenvalue weighted by molar-refractivity contribution is 9.10. The molecule has 2 aromatic carbocycles. The molecule has 0 atom stereocenters. The second-order valence-electron chi connectivity index (χ2n) is 4.50. The lowest BCUT2D eigenvalue weighted by atomic mass is 10.1. The standard InChI is InChI=1S/C15H14BrN3O2/c1-9-5-6-12(13(16)7-9)15(20)18-11-4-2-3-10(8-11)14(17)19-21/h2-8,21H,1H3,(H2,17,19)(H,18,20). The predicted molar refractivity (Wildman–Crippen MR) is 85.8 cm³/mol. The van der Waals surface area contributed by atoms with Gasteiger partial charge < -0.3 is 16.3 Å². The number of halogens is 1. The molecule has 0 aliphatic heterocycles. The van der Waals surface area contributed by atoms with E-state index in [9.17, 15) is 4.79 Å². The van der Waals surface area contributed by atoms with E-state index in [4.69, 9.17) is 10.9 Å². The average Bonchev–Trinajstić information content (AvgIpc) is 2.46. The van der Waals surface area contributed by atoms with Crippen molar-refractivity contribution in [2.24, 2.45) is 10.9 Å². The summed E-state index contributed by atoms with van der Waals surface area (Å²) >= 11 is 3.38. The molecule has 0 fully saturated rings. The van der Waals surface area contributed by atoms with E-state index in [1.54, 1.807) is 30.3 Å². The Balaban J connectivity index is 2.23. The number of nitrogens with one attached hydrogen (secondary N) is 1. The van der Waals surface area contributed by atoms with Crippen LogP contribution in [-0.4, -0.2) is 17.0 Å². The van der Waals surface area contributed by atoms with Crippen LogP contribution in [0.5, 0.6) is 0 Å². The van der Waals surface area contributed by atoms with Gasteiger partial charge in [0.15, 0.2) is 5.84 Å². The number of rotatable bonds is 3. The van der Waals surface area contributed by atoms with Crippen LogP contribution in [-0.2, 0) is 0 Å². The number of carbonyl (C=O) groups excluding carboxylic acids is 1. The van der Waals surface area contributed by atoms with Gasteiger partial charge in [-0.3, -0.25) is 4.79 Å². The minimum atomic E-state index is -0.237. The summed E-state index contributed by atoms with van der Waals surface area (Å²) in [6.07, 6.45) is 0. The third-order valence-electron chi connectivity index (χ3n) is 2.89. The van der Waals surface area contributed by atoms with Gasteiger partial charge in [-0.2, -0.15) is 0 Å². The monoisotopic (exact) mass is 347 g/mol. The van der Waals surface area contributed by atoms with Crippen LogP contribution in [0.4, 0.5) is 5.69 Å². The fourth-order valence-electron chi connectivity index (χ4n) is 1.82. The molecule has 0 radical (unpaired) electrons. The van der Waals surface area contributed by atoms with E-state index in [0.29, 0.717) is 16.8 Å². The van der Waals surface area contributed by atoms with E-state index in [0.717, 1.165) is 10.0 Å². The van der Waals surface area contributed by atoms with Gasteiger partial charge in [-0.05, 0) is 52.7 Å². The van der Waals surface area contributed by atoms with Crippen molar-refractivity contribution < 1.29 is 10.0 Å². The number of benzene rings is 2. The number of nitrogens with two attached hydrogens (primary N) is 1. The Hall–Kier alpha value is -2.34. The summed E-state index contributed by atoms with van der Waals surface area (Å²) in [4.78, 5) is 12.2. The number of amides is 1. The van der Waals surface area contributed by atoms with Gasteiger partial charge in [0.1, 0.15) is 0 Å². The third-order valence-corrected chi connectivity index (χ3v) is 3.55. The summed E-state index contributed by atoms with van der Waals surface area (Å²) in [5.41, 5.74) is 8.22. The molecule has 5 nitrogen and oxygen atoms in total. The van der Waals surface area contributed by atoms with Crippen LogP contribution in [0.15, 0.2) is 52.1 Å². The van der Waals surface area contributed by atoms with Crippen molar-refractivity contribution in [3.05, 3.63) is 63.6 Å². The molecule has 0 unspecified atom stereocenters. The van der Waals surface area contributed by atoms with Gasteiger partial charge >= 0.3 is 0 Å². The van der Waals surface area contributed by atoms with Crippen molar-refractivity contribution >= 4 is 33.4 Å². The van der Waals surface area contributed by atoms with Crippen LogP contribution in [0, 0.1) is 6.92 Å².